The summed E-state index contributed by atoms with van der Waals surface area (Å²) >= 11 is 0. The van der Waals surface area contributed by atoms with Crippen LogP contribution in [0.3, 0.4) is 0 Å². The molecule has 1 rings (SSSR count). The second-order valence-electron chi connectivity index (χ2n) is 13.6. The smallest absolute Gasteiger partial charge is 0.407 e. The van der Waals surface area contributed by atoms with Crippen LogP contribution < -0.4 is 25.8 Å². The van der Waals surface area contributed by atoms with E-state index in [0.717, 1.165) is 12.0 Å². The molecule has 258 valence electrons. The third-order valence-corrected chi connectivity index (χ3v) is 7.68. The van der Waals surface area contributed by atoms with Gasteiger partial charge in [0, 0.05) is 38.5 Å². The van der Waals surface area contributed by atoms with Crippen molar-refractivity contribution >= 4 is 17.9 Å². The highest BCUT2D eigenvalue weighted by atomic mass is 16.6. The molecule has 1 unspecified atom stereocenters. The number of alkyl carbamates (subject to hydrolysis) is 1. The summed E-state index contributed by atoms with van der Waals surface area (Å²) in [7, 11) is 3.26. The first-order valence-electron chi connectivity index (χ1n) is 16.0. The molecule has 0 radical (unpaired) electrons. The van der Waals surface area contributed by atoms with E-state index < -0.39 is 41.7 Å². The number of primary amides is 1. The lowest BCUT2D eigenvalue weighted by atomic mass is 9.80. The minimum absolute atomic E-state index is 0.0171. The third kappa shape index (κ3) is 15.7. The van der Waals surface area contributed by atoms with Crippen molar-refractivity contribution < 1.29 is 38.4 Å². The van der Waals surface area contributed by atoms with Crippen LogP contribution >= 0.6 is 0 Å². The minimum Gasteiger partial charge on any atom is -0.493 e. The highest BCUT2D eigenvalue weighted by Gasteiger charge is 2.33. The number of nitrogens with one attached hydrogen (secondary N) is 2. The van der Waals surface area contributed by atoms with E-state index in [2.05, 4.69) is 24.5 Å². The van der Waals surface area contributed by atoms with Crippen molar-refractivity contribution in [2.75, 3.05) is 27.4 Å². The average Bonchev–Trinajstić information content (AvgIpc) is 2.91. The van der Waals surface area contributed by atoms with Gasteiger partial charge in [0.2, 0.25) is 11.8 Å². The second-order valence-corrected chi connectivity index (χ2v) is 13.6. The standard InChI is InChI=1S/C34H59N3O8/c1-21(2)25(17-24-12-13-29(43-10)30(18-24)44-15-11-14-42-9)19-27(37-33(41)45-34(6,7)8)28(38)20-26(22(3)4)32(40)36-23(5)16-31(35)39/h12-13,18,21-23,25-28,38H,11,14-17,19-20H2,1-10H3,(H2,35,39)(H,36,40)(H,37,41)/t23?,25-,26-,27-,28-/m0/s1. The highest BCUT2D eigenvalue weighted by Crippen LogP contribution is 2.32. The normalized spacial score (nSPS) is 15.1. The molecule has 0 aliphatic carbocycles. The van der Waals surface area contributed by atoms with E-state index >= 15 is 0 Å². The van der Waals surface area contributed by atoms with Gasteiger partial charge in [-0.3, -0.25) is 9.59 Å². The zero-order valence-corrected chi connectivity index (χ0v) is 29.1. The van der Waals surface area contributed by atoms with Crippen molar-refractivity contribution in [2.24, 2.45) is 29.4 Å². The molecule has 0 spiro atoms. The third-order valence-electron chi connectivity index (χ3n) is 7.68. The monoisotopic (exact) mass is 637 g/mol. The van der Waals surface area contributed by atoms with Crippen LogP contribution in [0.2, 0.25) is 0 Å². The maximum absolute atomic E-state index is 13.2. The lowest BCUT2D eigenvalue weighted by Crippen LogP contribution is -2.49. The maximum atomic E-state index is 13.2. The number of hydrogen-bond donors (Lipinski definition) is 4. The molecule has 0 bridgehead atoms. The molecule has 0 heterocycles. The van der Waals surface area contributed by atoms with Gasteiger partial charge in [0.05, 0.1) is 25.9 Å². The molecule has 11 nitrogen and oxygen atoms in total. The summed E-state index contributed by atoms with van der Waals surface area (Å²) in [6.07, 6.45) is 0.300. The molecular weight excluding hydrogens is 578 g/mol. The quantitative estimate of drug-likeness (QED) is 0.151. The number of amides is 3. The van der Waals surface area contributed by atoms with E-state index in [0.29, 0.717) is 37.6 Å². The van der Waals surface area contributed by atoms with Crippen molar-refractivity contribution in [3.05, 3.63) is 23.8 Å². The van der Waals surface area contributed by atoms with Gasteiger partial charge in [-0.05, 0) is 82.4 Å². The number of aliphatic hydroxyl groups is 1. The lowest BCUT2D eigenvalue weighted by Gasteiger charge is -2.33. The second kappa shape index (κ2) is 19.5. The maximum Gasteiger partial charge on any atom is 0.407 e. The molecule has 0 aromatic heterocycles. The Bertz CT molecular complexity index is 1060. The van der Waals surface area contributed by atoms with Crippen molar-refractivity contribution in [1.29, 1.82) is 0 Å². The fourth-order valence-electron chi connectivity index (χ4n) is 5.15. The molecule has 5 atom stereocenters. The minimum atomic E-state index is -1.04. The first kappa shape index (κ1) is 40.0. The molecule has 0 saturated heterocycles. The van der Waals surface area contributed by atoms with E-state index in [4.69, 9.17) is 24.7 Å². The number of carbonyl (C=O) groups is 3. The van der Waals surface area contributed by atoms with Crippen LogP contribution in [0.5, 0.6) is 11.5 Å². The molecule has 5 N–H and O–H groups in total. The number of hydrogen-bond acceptors (Lipinski definition) is 8. The van der Waals surface area contributed by atoms with Crippen molar-refractivity contribution in [2.45, 2.75) is 111 Å². The number of aliphatic hydroxyl groups excluding tert-OH is 1. The molecule has 1 aromatic rings. The molecule has 1 aromatic carbocycles. The Kier molecular flexibility index (Phi) is 17.3. The molecular formula is C34H59N3O8. The van der Waals surface area contributed by atoms with Crippen LogP contribution in [-0.4, -0.2) is 74.2 Å². The Labute approximate surface area is 270 Å². The zero-order valence-electron chi connectivity index (χ0n) is 29.1. The van der Waals surface area contributed by atoms with Gasteiger partial charge in [-0.1, -0.05) is 33.8 Å². The summed E-state index contributed by atoms with van der Waals surface area (Å²) < 4.78 is 22.1. The number of nitrogens with two attached hydrogens (primary N) is 1. The highest BCUT2D eigenvalue weighted by molar-refractivity contribution is 5.80. The van der Waals surface area contributed by atoms with Crippen LogP contribution in [0.4, 0.5) is 4.79 Å². The molecule has 3 amide bonds. The fraction of sp³-hybridized carbons (Fsp3) is 0.735. The average molecular weight is 638 g/mol. The van der Waals surface area contributed by atoms with E-state index in [1.54, 1.807) is 41.9 Å². The van der Waals surface area contributed by atoms with Crippen molar-refractivity contribution in [1.82, 2.24) is 10.6 Å². The predicted octanol–water partition coefficient (Wildman–Crippen LogP) is 4.61. The summed E-state index contributed by atoms with van der Waals surface area (Å²) in [5.74, 6) is 0.0924. The fourth-order valence-corrected chi connectivity index (χ4v) is 5.15. The van der Waals surface area contributed by atoms with Gasteiger partial charge in [-0.15, -0.1) is 0 Å². The largest absolute Gasteiger partial charge is 0.493 e. The van der Waals surface area contributed by atoms with Gasteiger partial charge in [0.25, 0.3) is 0 Å². The Morgan fingerprint density at radius 2 is 1.60 bits per heavy atom. The van der Waals surface area contributed by atoms with Gasteiger partial charge >= 0.3 is 6.09 Å². The Morgan fingerprint density at radius 3 is 2.13 bits per heavy atom. The Balaban J connectivity index is 3.25. The van der Waals surface area contributed by atoms with E-state index in [9.17, 15) is 19.5 Å². The van der Waals surface area contributed by atoms with Crippen LogP contribution in [0, 0.1) is 23.7 Å². The number of rotatable bonds is 20. The van der Waals surface area contributed by atoms with Crippen LogP contribution in [-0.2, 0) is 25.5 Å². The van der Waals surface area contributed by atoms with E-state index in [1.165, 1.54) is 0 Å². The van der Waals surface area contributed by atoms with E-state index in [1.807, 2.05) is 32.0 Å². The van der Waals surface area contributed by atoms with Gasteiger partial charge in [0.15, 0.2) is 11.5 Å². The van der Waals surface area contributed by atoms with Gasteiger partial charge < -0.3 is 40.4 Å². The SMILES string of the molecule is COCCCOc1cc(C[C@@H](C[C@H](NC(=O)OC(C)(C)C)[C@@H](O)C[C@H](C(=O)NC(C)CC(N)=O)C(C)C)C(C)C)ccc1OC. The van der Waals surface area contributed by atoms with Gasteiger partial charge in [-0.25, -0.2) is 4.79 Å². The Hall–Kier alpha value is -3.05. The summed E-state index contributed by atoms with van der Waals surface area (Å²) in [6, 6.07) is 4.73. The van der Waals surface area contributed by atoms with Gasteiger partial charge in [0.1, 0.15) is 5.60 Å². The number of ether oxygens (including phenoxy) is 4. The summed E-state index contributed by atoms with van der Waals surface area (Å²) in [5, 5.41) is 17.3. The van der Waals surface area contributed by atoms with Crippen LogP contribution in [0.1, 0.15) is 86.6 Å². The first-order chi connectivity index (χ1) is 21.0. The molecule has 0 saturated carbocycles. The van der Waals surface area contributed by atoms with Crippen LogP contribution in [0.15, 0.2) is 18.2 Å². The van der Waals surface area contributed by atoms with Crippen LogP contribution in [0.25, 0.3) is 0 Å². The molecule has 45 heavy (non-hydrogen) atoms. The topological polar surface area (TPSA) is 158 Å². The molecule has 11 heteroatoms. The van der Waals surface area contributed by atoms with Gasteiger partial charge in [-0.2, -0.15) is 0 Å². The summed E-state index contributed by atoms with van der Waals surface area (Å²) in [4.78, 5) is 37.5. The molecule has 0 fully saturated rings. The predicted molar refractivity (Wildman–Crippen MR) is 175 cm³/mol. The number of benzene rings is 1. The Morgan fingerprint density at radius 1 is 0.933 bits per heavy atom. The molecule has 0 aliphatic heterocycles. The summed E-state index contributed by atoms with van der Waals surface area (Å²) in [6.45, 7) is 16.2. The first-order valence-corrected chi connectivity index (χ1v) is 16.0. The lowest BCUT2D eigenvalue weighted by molar-refractivity contribution is -0.128. The summed E-state index contributed by atoms with van der Waals surface area (Å²) in [5.41, 5.74) is 5.60. The number of carbonyl (C=O) groups excluding carboxylic acids is 3. The van der Waals surface area contributed by atoms with E-state index in [-0.39, 0.29) is 36.5 Å². The molecule has 0 aliphatic rings. The van der Waals surface area contributed by atoms with Crippen molar-refractivity contribution in [3.63, 3.8) is 0 Å². The zero-order chi connectivity index (χ0) is 34.3. The number of methoxy groups -OCH3 is 2. The van der Waals surface area contributed by atoms with Crippen molar-refractivity contribution in [3.8, 4) is 11.5 Å².